The van der Waals surface area contributed by atoms with Crippen molar-refractivity contribution in [2.24, 2.45) is 5.73 Å². The molecule has 27 heavy (non-hydrogen) atoms. The highest BCUT2D eigenvalue weighted by Gasteiger charge is 2.44. The van der Waals surface area contributed by atoms with Gasteiger partial charge in [0.2, 0.25) is 15.9 Å². The monoisotopic (exact) mass is 386 g/mol. The lowest BCUT2D eigenvalue weighted by molar-refractivity contribution is -0.121. The molecule has 2 aromatic carbocycles. The number of amides is 1. The summed E-state index contributed by atoms with van der Waals surface area (Å²) in [7, 11) is -3.83. The van der Waals surface area contributed by atoms with Gasteiger partial charge in [-0.15, -0.1) is 0 Å². The highest BCUT2D eigenvalue weighted by atomic mass is 32.2. The zero-order chi connectivity index (χ0) is 19.0. The molecular formula is C20H22N2O4S. The maximum absolute atomic E-state index is 13.2. The van der Waals surface area contributed by atoms with E-state index in [1.165, 1.54) is 9.87 Å². The summed E-state index contributed by atoms with van der Waals surface area (Å²) in [5, 5.41) is 0. The number of nitrogens with zero attached hydrogens (tertiary/aromatic N) is 1. The Kier molecular flexibility index (Phi) is 4.65. The second-order valence-corrected chi connectivity index (χ2v) is 8.96. The third-order valence-electron chi connectivity index (χ3n) is 5.27. The molecule has 2 atom stereocenters. The first-order valence-corrected chi connectivity index (χ1v) is 10.5. The van der Waals surface area contributed by atoms with E-state index >= 15 is 0 Å². The van der Waals surface area contributed by atoms with E-state index in [-0.39, 0.29) is 17.9 Å². The van der Waals surface area contributed by atoms with Gasteiger partial charge in [-0.1, -0.05) is 24.3 Å². The van der Waals surface area contributed by atoms with Crippen LogP contribution >= 0.6 is 0 Å². The lowest BCUT2D eigenvalue weighted by atomic mass is 10.1. The first kappa shape index (κ1) is 18.0. The topological polar surface area (TPSA) is 89.7 Å². The molecule has 0 unspecified atom stereocenters. The van der Waals surface area contributed by atoms with Crippen molar-refractivity contribution in [3.63, 3.8) is 0 Å². The number of hydrogen-bond donors (Lipinski definition) is 1. The van der Waals surface area contributed by atoms with Crippen molar-refractivity contribution in [1.29, 1.82) is 0 Å². The fraction of sp³-hybridized carbons (Fsp3) is 0.350. The van der Waals surface area contributed by atoms with Gasteiger partial charge in [0.1, 0.15) is 17.9 Å². The molecule has 2 aliphatic rings. The number of hydrogen-bond acceptors (Lipinski definition) is 4. The highest BCUT2D eigenvalue weighted by Crippen LogP contribution is 2.31. The van der Waals surface area contributed by atoms with Crippen LogP contribution in [0.4, 0.5) is 0 Å². The molecule has 1 aliphatic heterocycles. The highest BCUT2D eigenvalue weighted by molar-refractivity contribution is 7.89. The van der Waals surface area contributed by atoms with Crippen LogP contribution in [0.5, 0.6) is 5.75 Å². The van der Waals surface area contributed by atoms with E-state index in [1.807, 2.05) is 24.3 Å². The molecule has 1 saturated heterocycles. The van der Waals surface area contributed by atoms with Gasteiger partial charge in [0.25, 0.3) is 0 Å². The van der Waals surface area contributed by atoms with E-state index in [0.717, 1.165) is 24.8 Å². The van der Waals surface area contributed by atoms with Gasteiger partial charge in [0.15, 0.2) is 0 Å². The van der Waals surface area contributed by atoms with Crippen molar-refractivity contribution in [2.45, 2.75) is 42.7 Å². The first-order valence-electron chi connectivity index (χ1n) is 9.10. The largest absolute Gasteiger partial charge is 0.489 e. The Morgan fingerprint density at radius 3 is 2.56 bits per heavy atom. The SMILES string of the molecule is NC(=O)[C@@H]1C[C@H](Oc2ccccc2)CN1S(=O)(=O)c1ccc2c(c1)CCC2. The van der Waals surface area contributed by atoms with E-state index in [4.69, 9.17) is 10.5 Å². The van der Waals surface area contributed by atoms with Crippen LogP contribution in [0.25, 0.3) is 0 Å². The van der Waals surface area contributed by atoms with E-state index in [1.54, 1.807) is 24.3 Å². The molecule has 1 amide bonds. The number of benzene rings is 2. The maximum atomic E-state index is 13.2. The number of carbonyl (C=O) groups excluding carboxylic acids is 1. The van der Waals surface area contributed by atoms with Crippen molar-refractivity contribution in [1.82, 2.24) is 4.31 Å². The molecule has 1 heterocycles. The van der Waals surface area contributed by atoms with Crippen LogP contribution in [-0.2, 0) is 27.7 Å². The minimum atomic E-state index is -3.83. The standard InChI is InChI=1S/C20H22N2O4S/c21-20(23)19-12-17(26-16-7-2-1-3-8-16)13-22(19)27(24,25)18-10-9-14-5-4-6-15(14)11-18/h1-3,7-11,17,19H,4-6,12-13H2,(H2,21,23)/t17-,19-/m0/s1. The average Bonchev–Trinajstić information content (AvgIpc) is 3.29. The number of aryl methyl sites for hydroxylation is 2. The molecule has 7 heteroatoms. The summed E-state index contributed by atoms with van der Waals surface area (Å²) in [6, 6.07) is 13.5. The van der Waals surface area contributed by atoms with Crippen LogP contribution in [0.2, 0.25) is 0 Å². The van der Waals surface area contributed by atoms with Gasteiger partial charge in [-0.3, -0.25) is 4.79 Å². The van der Waals surface area contributed by atoms with Gasteiger partial charge >= 0.3 is 0 Å². The van der Waals surface area contributed by atoms with Crippen LogP contribution < -0.4 is 10.5 Å². The number of fused-ring (bicyclic) bond motifs is 1. The molecule has 0 aromatic heterocycles. The van der Waals surface area contributed by atoms with Gasteiger partial charge in [-0.25, -0.2) is 8.42 Å². The van der Waals surface area contributed by atoms with Gasteiger partial charge < -0.3 is 10.5 Å². The molecule has 1 fully saturated rings. The Balaban J connectivity index is 1.61. The molecule has 142 valence electrons. The van der Waals surface area contributed by atoms with E-state index in [2.05, 4.69) is 0 Å². The zero-order valence-electron chi connectivity index (χ0n) is 14.9. The van der Waals surface area contributed by atoms with Crippen molar-refractivity contribution < 1.29 is 17.9 Å². The van der Waals surface area contributed by atoms with E-state index < -0.39 is 28.1 Å². The van der Waals surface area contributed by atoms with Gasteiger partial charge in [-0.05, 0) is 54.7 Å². The summed E-state index contributed by atoms with van der Waals surface area (Å²) in [4.78, 5) is 12.2. The average molecular weight is 386 g/mol. The number of carbonyl (C=O) groups is 1. The summed E-state index contributed by atoms with van der Waals surface area (Å²) in [6.07, 6.45) is 2.73. The molecule has 0 saturated carbocycles. The number of rotatable bonds is 5. The van der Waals surface area contributed by atoms with Crippen molar-refractivity contribution in [3.05, 3.63) is 59.7 Å². The normalized spacial score (nSPS) is 22.5. The molecule has 2 aromatic rings. The van der Waals surface area contributed by atoms with Crippen LogP contribution in [0, 0.1) is 0 Å². The van der Waals surface area contributed by atoms with Crippen molar-refractivity contribution in [3.8, 4) is 5.75 Å². The molecule has 1 aliphatic carbocycles. The first-order chi connectivity index (χ1) is 12.9. The fourth-order valence-corrected chi connectivity index (χ4v) is 5.60. The predicted molar refractivity (Wildman–Crippen MR) is 101 cm³/mol. The summed E-state index contributed by atoms with van der Waals surface area (Å²) >= 11 is 0. The third kappa shape index (κ3) is 3.44. The molecule has 0 radical (unpaired) electrons. The van der Waals surface area contributed by atoms with Gasteiger partial charge in [0, 0.05) is 6.42 Å². The predicted octanol–water partition coefficient (Wildman–Crippen LogP) is 1.87. The number of primary amides is 1. The smallest absolute Gasteiger partial charge is 0.243 e. The molecular weight excluding hydrogens is 364 g/mol. The minimum Gasteiger partial charge on any atom is -0.489 e. The lowest BCUT2D eigenvalue weighted by Gasteiger charge is -2.21. The number of ether oxygens (including phenoxy) is 1. The fourth-order valence-electron chi connectivity index (χ4n) is 3.91. The summed E-state index contributed by atoms with van der Waals surface area (Å²) in [6.45, 7) is 0.0991. The summed E-state index contributed by atoms with van der Waals surface area (Å²) in [5.74, 6) is -0.0126. The Morgan fingerprint density at radius 1 is 1.07 bits per heavy atom. The van der Waals surface area contributed by atoms with Gasteiger partial charge in [0.05, 0.1) is 11.4 Å². The number of sulfonamides is 1. The second-order valence-electron chi connectivity index (χ2n) is 7.07. The van der Waals surface area contributed by atoms with Crippen molar-refractivity contribution >= 4 is 15.9 Å². The summed E-state index contributed by atoms with van der Waals surface area (Å²) in [5.41, 5.74) is 7.78. The van der Waals surface area contributed by atoms with Crippen LogP contribution in [0.1, 0.15) is 24.0 Å². The Morgan fingerprint density at radius 2 is 1.81 bits per heavy atom. The van der Waals surface area contributed by atoms with Crippen molar-refractivity contribution in [2.75, 3.05) is 6.54 Å². The Bertz CT molecular complexity index is 959. The molecule has 0 spiro atoms. The molecule has 4 rings (SSSR count). The van der Waals surface area contributed by atoms with Crippen LogP contribution in [0.15, 0.2) is 53.4 Å². The zero-order valence-corrected chi connectivity index (χ0v) is 15.7. The van der Waals surface area contributed by atoms with Crippen LogP contribution in [-0.4, -0.2) is 37.3 Å². The van der Waals surface area contributed by atoms with Crippen LogP contribution in [0.3, 0.4) is 0 Å². The van der Waals surface area contributed by atoms with E-state index in [9.17, 15) is 13.2 Å². The maximum Gasteiger partial charge on any atom is 0.243 e. The third-order valence-corrected chi connectivity index (χ3v) is 7.14. The number of nitrogens with two attached hydrogens (primary N) is 1. The Labute approximate surface area is 159 Å². The number of para-hydroxylation sites is 1. The minimum absolute atomic E-state index is 0.0991. The Hall–Kier alpha value is -2.38. The van der Waals surface area contributed by atoms with E-state index in [0.29, 0.717) is 5.75 Å². The quantitative estimate of drug-likeness (QED) is 0.849. The van der Waals surface area contributed by atoms with Gasteiger partial charge in [-0.2, -0.15) is 4.31 Å². The second kappa shape index (κ2) is 6.98. The molecule has 2 N–H and O–H groups in total. The molecule has 6 nitrogen and oxygen atoms in total. The molecule has 0 bridgehead atoms. The lowest BCUT2D eigenvalue weighted by Crippen LogP contribution is -2.43. The summed E-state index contributed by atoms with van der Waals surface area (Å²) < 4.78 is 33.5.